The molecule has 0 spiro atoms. The molecule has 26 heavy (non-hydrogen) atoms. The number of methoxy groups -OCH3 is 1. The Balaban J connectivity index is 1.85. The molecular formula is C18H21FN4O2S. The van der Waals surface area contributed by atoms with Crippen molar-refractivity contribution >= 4 is 29.4 Å². The molecule has 0 aromatic heterocycles. The van der Waals surface area contributed by atoms with E-state index in [2.05, 4.69) is 26.6 Å². The first-order valence-electron chi connectivity index (χ1n) is 8.24. The van der Waals surface area contributed by atoms with Gasteiger partial charge < -0.3 is 15.0 Å². The fraction of sp³-hybridized carbons (Fsp3) is 0.389. The van der Waals surface area contributed by atoms with Crippen LogP contribution in [0.5, 0.6) is 0 Å². The van der Waals surface area contributed by atoms with E-state index in [4.69, 9.17) is 0 Å². The number of hydrogen-bond donors (Lipinski definition) is 1. The van der Waals surface area contributed by atoms with Crippen LogP contribution in [-0.2, 0) is 4.74 Å². The molecule has 3 heterocycles. The maximum absolute atomic E-state index is 15.4. The number of nitrogens with zero attached hydrogens (tertiary/aromatic N) is 3. The van der Waals surface area contributed by atoms with Gasteiger partial charge in [0.1, 0.15) is 5.84 Å². The van der Waals surface area contributed by atoms with Gasteiger partial charge in [0, 0.05) is 28.8 Å². The van der Waals surface area contributed by atoms with Gasteiger partial charge in [-0.25, -0.2) is 9.18 Å². The summed E-state index contributed by atoms with van der Waals surface area (Å²) in [7, 11) is 1.26. The fourth-order valence-electron chi connectivity index (χ4n) is 3.05. The second-order valence-electron chi connectivity index (χ2n) is 6.16. The molecule has 0 radical (unpaired) electrons. The summed E-state index contributed by atoms with van der Waals surface area (Å²) in [4.78, 5) is 22.8. The molecule has 3 rings (SSSR count). The number of amidine groups is 1. The first kappa shape index (κ1) is 18.4. The van der Waals surface area contributed by atoms with Crippen LogP contribution in [0.4, 0.5) is 9.18 Å². The summed E-state index contributed by atoms with van der Waals surface area (Å²) in [5, 5.41) is 4.38. The number of nitrogens with one attached hydrogen (secondary N) is 1. The van der Waals surface area contributed by atoms with Gasteiger partial charge in [-0.15, -0.1) is 0 Å². The van der Waals surface area contributed by atoms with Crippen LogP contribution in [0.1, 0.15) is 13.3 Å². The molecule has 6 nitrogen and oxygen atoms in total. The fourth-order valence-corrected chi connectivity index (χ4v) is 3.63. The molecule has 0 aromatic carbocycles. The smallest absolute Gasteiger partial charge is 0.406 e. The van der Waals surface area contributed by atoms with Gasteiger partial charge in [-0.3, -0.25) is 9.98 Å². The quantitative estimate of drug-likeness (QED) is 0.773. The molecule has 0 saturated carbocycles. The maximum atomic E-state index is 15.4. The number of alkyl carbamates (subject to hydrolysis) is 1. The van der Waals surface area contributed by atoms with E-state index in [1.165, 1.54) is 18.9 Å². The third-order valence-electron chi connectivity index (χ3n) is 4.33. The maximum Gasteiger partial charge on any atom is 0.406 e. The van der Waals surface area contributed by atoms with Crippen molar-refractivity contribution in [2.24, 2.45) is 9.98 Å². The Morgan fingerprint density at radius 3 is 3.00 bits per heavy atom. The zero-order valence-electron chi connectivity index (χ0n) is 14.8. The van der Waals surface area contributed by atoms with E-state index in [0.717, 1.165) is 21.9 Å². The van der Waals surface area contributed by atoms with Gasteiger partial charge in [-0.05, 0) is 18.4 Å². The Morgan fingerprint density at radius 2 is 2.38 bits per heavy atom. The lowest BCUT2D eigenvalue weighted by molar-refractivity contribution is 0.145. The van der Waals surface area contributed by atoms with Gasteiger partial charge in [-0.2, -0.15) is 0 Å². The first-order valence-corrected chi connectivity index (χ1v) is 9.12. The SMILES string of the molecule is C=C(S/C=C\C)C1=NCC(C2=NC=C2)=C2CC(F)(CNC(=O)OC)CN12. The minimum Gasteiger partial charge on any atom is -0.453 e. The summed E-state index contributed by atoms with van der Waals surface area (Å²) in [5.41, 5.74) is 1.01. The normalized spacial score (nSPS) is 24.2. The van der Waals surface area contributed by atoms with Gasteiger partial charge in [-0.1, -0.05) is 24.4 Å². The number of fused-ring (bicyclic) bond motifs is 1. The highest BCUT2D eigenvalue weighted by Crippen LogP contribution is 2.40. The number of alkyl halides is 1. The van der Waals surface area contributed by atoms with Crippen molar-refractivity contribution in [3.05, 3.63) is 46.5 Å². The van der Waals surface area contributed by atoms with Crippen molar-refractivity contribution in [1.82, 2.24) is 10.2 Å². The van der Waals surface area contributed by atoms with Gasteiger partial charge in [0.2, 0.25) is 0 Å². The Hall–Kier alpha value is -2.35. The van der Waals surface area contributed by atoms with Gasteiger partial charge in [0.25, 0.3) is 0 Å². The number of halogens is 1. The highest BCUT2D eigenvalue weighted by molar-refractivity contribution is 8.06. The van der Waals surface area contributed by atoms with E-state index >= 15 is 4.39 Å². The molecule has 1 N–H and O–H groups in total. The number of carbonyl (C=O) groups excluding carboxylic acids is 1. The van der Waals surface area contributed by atoms with Gasteiger partial charge in [0.05, 0.1) is 32.5 Å². The lowest BCUT2D eigenvalue weighted by Crippen LogP contribution is -2.43. The van der Waals surface area contributed by atoms with Crippen LogP contribution in [0.15, 0.2) is 56.5 Å². The topological polar surface area (TPSA) is 66.3 Å². The van der Waals surface area contributed by atoms with Crippen LogP contribution in [0.3, 0.4) is 0 Å². The molecule has 3 aliphatic heterocycles. The number of ether oxygens (including phenoxy) is 1. The molecule has 1 atom stereocenters. The lowest BCUT2D eigenvalue weighted by Gasteiger charge is -2.29. The van der Waals surface area contributed by atoms with E-state index in [-0.39, 0.29) is 19.5 Å². The van der Waals surface area contributed by atoms with E-state index in [9.17, 15) is 4.79 Å². The minimum atomic E-state index is -1.61. The molecule has 1 saturated heterocycles. The zero-order chi connectivity index (χ0) is 18.7. The van der Waals surface area contributed by atoms with Crippen molar-refractivity contribution in [3.63, 3.8) is 0 Å². The molecule has 138 valence electrons. The molecule has 0 aliphatic carbocycles. The molecular weight excluding hydrogens is 355 g/mol. The first-order chi connectivity index (χ1) is 12.5. The van der Waals surface area contributed by atoms with Gasteiger partial charge in [0.15, 0.2) is 5.67 Å². The van der Waals surface area contributed by atoms with Crippen molar-refractivity contribution in [1.29, 1.82) is 0 Å². The predicted octanol–water partition coefficient (Wildman–Crippen LogP) is 3.17. The second kappa shape index (κ2) is 7.49. The summed E-state index contributed by atoms with van der Waals surface area (Å²) in [6, 6.07) is 0. The van der Waals surface area contributed by atoms with Crippen molar-refractivity contribution < 1.29 is 13.9 Å². The van der Waals surface area contributed by atoms with E-state index in [0.29, 0.717) is 12.4 Å². The average molecular weight is 376 g/mol. The molecule has 1 fully saturated rings. The Labute approximate surface area is 156 Å². The number of carbonyl (C=O) groups is 1. The third-order valence-corrected chi connectivity index (χ3v) is 5.20. The van der Waals surface area contributed by atoms with Crippen LogP contribution in [0, 0.1) is 0 Å². The van der Waals surface area contributed by atoms with Gasteiger partial charge >= 0.3 is 6.09 Å². The van der Waals surface area contributed by atoms with Crippen LogP contribution < -0.4 is 5.32 Å². The third kappa shape index (κ3) is 3.60. The number of amides is 1. The molecule has 3 aliphatic rings. The summed E-state index contributed by atoms with van der Waals surface area (Å²) in [5.74, 6) is 0.674. The van der Waals surface area contributed by atoms with Crippen LogP contribution >= 0.6 is 11.8 Å². The van der Waals surface area contributed by atoms with Crippen LogP contribution in [0.2, 0.25) is 0 Å². The Kier molecular flexibility index (Phi) is 5.31. The number of thioether (sulfide) groups is 1. The predicted molar refractivity (Wildman–Crippen MR) is 103 cm³/mol. The van der Waals surface area contributed by atoms with Crippen molar-refractivity contribution in [2.45, 2.75) is 19.0 Å². The summed E-state index contributed by atoms with van der Waals surface area (Å²) in [6.45, 7) is 6.42. The van der Waals surface area contributed by atoms with Crippen molar-refractivity contribution in [2.75, 3.05) is 26.7 Å². The molecule has 0 bridgehead atoms. The molecule has 0 aromatic rings. The van der Waals surface area contributed by atoms with Crippen molar-refractivity contribution in [3.8, 4) is 0 Å². The Morgan fingerprint density at radius 1 is 1.62 bits per heavy atom. The summed E-state index contributed by atoms with van der Waals surface area (Å²) < 4.78 is 20.0. The summed E-state index contributed by atoms with van der Waals surface area (Å²) in [6.07, 6.45) is 5.06. The average Bonchev–Trinajstić information content (AvgIpc) is 2.94. The minimum absolute atomic E-state index is 0.0983. The number of allylic oxidation sites excluding steroid dienone is 3. The Bertz CT molecular complexity index is 784. The highest BCUT2D eigenvalue weighted by Gasteiger charge is 2.46. The number of rotatable bonds is 6. The van der Waals surface area contributed by atoms with E-state index in [1.807, 2.05) is 29.4 Å². The van der Waals surface area contributed by atoms with E-state index in [1.54, 1.807) is 6.20 Å². The standard InChI is InChI=1S/C18H21FN4O2S/c1-4-7-26-12(2)16-21-9-13(14-5-6-20-14)15-8-18(19,11-23(15)16)10-22-17(24)25-3/h4-7H,2,8-11H2,1,3H3,(H,22,24)/b7-4-. The summed E-state index contributed by atoms with van der Waals surface area (Å²) >= 11 is 1.46. The monoisotopic (exact) mass is 376 g/mol. The zero-order valence-corrected chi connectivity index (χ0v) is 15.6. The lowest BCUT2D eigenvalue weighted by atomic mass is 9.98. The van der Waals surface area contributed by atoms with Crippen LogP contribution in [-0.4, -0.2) is 55.0 Å². The second-order valence-corrected chi connectivity index (χ2v) is 7.17. The molecule has 8 heteroatoms. The largest absolute Gasteiger partial charge is 0.453 e. The molecule has 1 unspecified atom stereocenters. The molecule has 1 amide bonds. The van der Waals surface area contributed by atoms with Crippen LogP contribution in [0.25, 0.3) is 0 Å². The highest BCUT2D eigenvalue weighted by atomic mass is 32.2. The number of aliphatic imine (C=N–C) groups is 2. The number of hydrogen-bond acceptors (Lipinski definition) is 6. The van der Waals surface area contributed by atoms with E-state index < -0.39 is 11.8 Å².